The first-order valence-electron chi connectivity index (χ1n) is 7.57. The zero-order valence-corrected chi connectivity index (χ0v) is 13.4. The van der Waals surface area contributed by atoms with Gasteiger partial charge in [-0.25, -0.2) is 0 Å². The molecule has 120 valence electrons. The highest BCUT2D eigenvalue weighted by Gasteiger charge is 2.37. The number of aryl methyl sites for hydroxylation is 1. The highest BCUT2D eigenvalue weighted by Crippen LogP contribution is 2.37. The first-order chi connectivity index (χ1) is 10.9. The van der Waals surface area contributed by atoms with E-state index in [1.165, 1.54) is 4.90 Å². The summed E-state index contributed by atoms with van der Waals surface area (Å²) in [5.74, 6) is -1.60. The molecule has 0 spiro atoms. The standard InChI is InChI=1S/C17H19N3O3/c1-10(2)13-8-15(19(3)18-13)16(21)20-9-12(17(22)23)11-6-4-5-7-14(11)20/h4-8,10,12H,9H2,1-3H3,(H,22,23). The van der Waals surface area contributed by atoms with Crippen molar-refractivity contribution in [2.45, 2.75) is 25.7 Å². The fourth-order valence-corrected chi connectivity index (χ4v) is 2.92. The van der Waals surface area contributed by atoms with E-state index in [4.69, 9.17) is 0 Å². The number of rotatable bonds is 3. The molecule has 1 amide bonds. The number of carbonyl (C=O) groups excluding carboxylic acids is 1. The maximum Gasteiger partial charge on any atom is 0.312 e. The molecular weight excluding hydrogens is 294 g/mol. The molecule has 1 aliphatic rings. The third kappa shape index (κ3) is 2.50. The number of carboxylic acid groups (broad SMARTS) is 1. The van der Waals surface area contributed by atoms with E-state index in [1.54, 1.807) is 36.0 Å². The minimum absolute atomic E-state index is 0.149. The Morgan fingerprint density at radius 3 is 2.61 bits per heavy atom. The Bertz CT molecular complexity index is 779. The lowest BCUT2D eigenvalue weighted by Crippen LogP contribution is -2.32. The van der Waals surface area contributed by atoms with Gasteiger partial charge < -0.3 is 10.0 Å². The second-order valence-corrected chi connectivity index (χ2v) is 6.10. The minimum Gasteiger partial charge on any atom is -0.481 e. The number of aromatic nitrogens is 2. The van der Waals surface area contributed by atoms with Crippen LogP contribution in [-0.2, 0) is 11.8 Å². The zero-order valence-electron chi connectivity index (χ0n) is 13.4. The summed E-state index contributed by atoms with van der Waals surface area (Å²) in [5, 5.41) is 13.8. The molecule has 1 aliphatic heterocycles. The fraction of sp³-hybridized carbons (Fsp3) is 0.353. The molecule has 0 fully saturated rings. The quantitative estimate of drug-likeness (QED) is 0.944. The summed E-state index contributed by atoms with van der Waals surface area (Å²) in [4.78, 5) is 25.9. The van der Waals surface area contributed by atoms with E-state index in [0.717, 1.165) is 5.69 Å². The van der Waals surface area contributed by atoms with Crippen LogP contribution in [0.25, 0.3) is 0 Å². The van der Waals surface area contributed by atoms with Gasteiger partial charge in [0.05, 0.1) is 5.69 Å². The van der Waals surface area contributed by atoms with Gasteiger partial charge in [0.25, 0.3) is 5.91 Å². The summed E-state index contributed by atoms with van der Waals surface area (Å²) in [7, 11) is 1.73. The molecule has 1 N–H and O–H groups in total. The summed E-state index contributed by atoms with van der Waals surface area (Å²) in [6.07, 6.45) is 0. The first kappa shape index (κ1) is 15.3. The monoisotopic (exact) mass is 313 g/mol. The number of anilines is 1. The van der Waals surface area contributed by atoms with Crippen molar-refractivity contribution in [3.8, 4) is 0 Å². The number of aliphatic carboxylic acids is 1. The van der Waals surface area contributed by atoms with Crippen LogP contribution < -0.4 is 4.90 Å². The smallest absolute Gasteiger partial charge is 0.312 e. The number of hydrogen-bond acceptors (Lipinski definition) is 3. The number of amides is 1. The van der Waals surface area contributed by atoms with E-state index in [9.17, 15) is 14.7 Å². The number of carbonyl (C=O) groups is 2. The second kappa shape index (κ2) is 5.53. The minimum atomic E-state index is -0.916. The van der Waals surface area contributed by atoms with Crippen LogP contribution in [0.5, 0.6) is 0 Å². The normalized spacial score (nSPS) is 16.7. The van der Waals surface area contributed by atoms with E-state index in [-0.39, 0.29) is 18.4 Å². The Hall–Kier alpha value is -2.63. The highest BCUT2D eigenvalue weighted by atomic mass is 16.4. The molecule has 0 radical (unpaired) electrons. The van der Waals surface area contributed by atoms with Gasteiger partial charge in [0.1, 0.15) is 11.6 Å². The maximum absolute atomic E-state index is 12.9. The van der Waals surface area contributed by atoms with Gasteiger partial charge in [-0.15, -0.1) is 0 Å². The Balaban J connectivity index is 1.99. The van der Waals surface area contributed by atoms with Crippen LogP contribution in [-0.4, -0.2) is 33.3 Å². The van der Waals surface area contributed by atoms with E-state index in [0.29, 0.717) is 16.9 Å². The van der Waals surface area contributed by atoms with Crippen molar-refractivity contribution < 1.29 is 14.7 Å². The summed E-state index contributed by atoms with van der Waals surface area (Å²) in [6, 6.07) is 8.94. The molecule has 1 aromatic carbocycles. The fourth-order valence-electron chi connectivity index (χ4n) is 2.92. The van der Waals surface area contributed by atoms with Crippen LogP contribution in [0, 0.1) is 0 Å². The van der Waals surface area contributed by atoms with E-state index in [2.05, 4.69) is 5.10 Å². The lowest BCUT2D eigenvalue weighted by molar-refractivity contribution is -0.138. The molecule has 2 heterocycles. The third-order valence-corrected chi connectivity index (χ3v) is 4.22. The van der Waals surface area contributed by atoms with E-state index in [1.807, 2.05) is 19.9 Å². The Morgan fingerprint density at radius 2 is 2.00 bits per heavy atom. The number of para-hydroxylation sites is 1. The van der Waals surface area contributed by atoms with Crippen molar-refractivity contribution in [2.75, 3.05) is 11.4 Å². The van der Waals surface area contributed by atoms with Crippen molar-refractivity contribution in [3.63, 3.8) is 0 Å². The average Bonchev–Trinajstić information content (AvgIpc) is 3.08. The van der Waals surface area contributed by atoms with Gasteiger partial charge in [0, 0.05) is 19.3 Å². The van der Waals surface area contributed by atoms with Crippen LogP contribution in [0.15, 0.2) is 30.3 Å². The maximum atomic E-state index is 12.9. The second-order valence-electron chi connectivity index (χ2n) is 6.10. The third-order valence-electron chi connectivity index (χ3n) is 4.22. The molecule has 0 saturated heterocycles. The van der Waals surface area contributed by atoms with Gasteiger partial charge in [0.2, 0.25) is 0 Å². The molecule has 1 atom stereocenters. The molecule has 0 aliphatic carbocycles. The molecule has 23 heavy (non-hydrogen) atoms. The topological polar surface area (TPSA) is 75.4 Å². The number of hydrogen-bond donors (Lipinski definition) is 1. The van der Waals surface area contributed by atoms with Crippen LogP contribution in [0.4, 0.5) is 5.69 Å². The number of carboxylic acids is 1. The van der Waals surface area contributed by atoms with Crippen molar-refractivity contribution in [1.29, 1.82) is 0 Å². The van der Waals surface area contributed by atoms with Crippen molar-refractivity contribution in [1.82, 2.24) is 9.78 Å². The molecule has 0 bridgehead atoms. The number of benzene rings is 1. The summed E-state index contributed by atoms with van der Waals surface area (Å²) in [5.41, 5.74) is 2.66. The van der Waals surface area contributed by atoms with Gasteiger partial charge in [-0.1, -0.05) is 32.0 Å². The lowest BCUT2D eigenvalue weighted by Gasteiger charge is -2.17. The molecule has 1 aromatic heterocycles. The van der Waals surface area contributed by atoms with Gasteiger partial charge in [-0.05, 0) is 23.6 Å². The average molecular weight is 313 g/mol. The zero-order chi connectivity index (χ0) is 16.7. The Morgan fingerprint density at radius 1 is 1.30 bits per heavy atom. The molecule has 2 aromatic rings. The van der Waals surface area contributed by atoms with E-state index >= 15 is 0 Å². The lowest BCUT2D eigenvalue weighted by atomic mass is 10.0. The van der Waals surface area contributed by atoms with Crippen molar-refractivity contribution >= 4 is 17.6 Å². The van der Waals surface area contributed by atoms with Crippen LogP contribution in [0.3, 0.4) is 0 Å². The first-order valence-corrected chi connectivity index (χ1v) is 7.57. The summed E-state index contributed by atoms with van der Waals surface area (Å²) in [6.45, 7) is 4.18. The predicted octanol–water partition coefficient (Wildman–Crippen LogP) is 2.37. The SMILES string of the molecule is CC(C)c1cc(C(=O)N2CC(C(=O)O)c3ccccc32)n(C)n1. The summed E-state index contributed by atoms with van der Waals surface area (Å²) >= 11 is 0. The molecule has 6 heteroatoms. The molecule has 1 unspecified atom stereocenters. The van der Waals surface area contributed by atoms with Crippen LogP contribution in [0.2, 0.25) is 0 Å². The van der Waals surface area contributed by atoms with Crippen LogP contribution >= 0.6 is 0 Å². The Kier molecular flexibility index (Phi) is 3.67. The van der Waals surface area contributed by atoms with E-state index < -0.39 is 11.9 Å². The highest BCUT2D eigenvalue weighted by molar-refractivity contribution is 6.07. The predicted molar refractivity (Wildman–Crippen MR) is 85.8 cm³/mol. The number of fused-ring (bicyclic) bond motifs is 1. The van der Waals surface area contributed by atoms with Crippen LogP contribution in [0.1, 0.15) is 47.4 Å². The molecular formula is C17H19N3O3. The van der Waals surface area contributed by atoms with Gasteiger partial charge >= 0.3 is 5.97 Å². The van der Waals surface area contributed by atoms with Gasteiger partial charge in [-0.3, -0.25) is 14.3 Å². The number of nitrogens with zero attached hydrogens (tertiary/aromatic N) is 3. The van der Waals surface area contributed by atoms with Crippen molar-refractivity contribution in [3.05, 3.63) is 47.3 Å². The molecule has 0 saturated carbocycles. The Labute approximate surface area is 134 Å². The molecule has 6 nitrogen and oxygen atoms in total. The van der Waals surface area contributed by atoms with Gasteiger partial charge in [0.15, 0.2) is 0 Å². The van der Waals surface area contributed by atoms with Crippen molar-refractivity contribution in [2.24, 2.45) is 7.05 Å². The molecule has 3 rings (SSSR count). The summed E-state index contributed by atoms with van der Waals surface area (Å²) < 4.78 is 1.56. The van der Waals surface area contributed by atoms with Gasteiger partial charge in [-0.2, -0.15) is 5.10 Å². The largest absolute Gasteiger partial charge is 0.481 e.